The number of carbonyl (C=O) groups is 1. The summed E-state index contributed by atoms with van der Waals surface area (Å²) in [6.07, 6.45) is 0. The number of hydrogen-bond acceptors (Lipinski definition) is 3. The highest BCUT2D eigenvalue weighted by Crippen LogP contribution is 2.22. The number of rotatable bonds is 4. The van der Waals surface area contributed by atoms with E-state index < -0.39 is 5.82 Å². The van der Waals surface area contributed by atoms with Crippen molar-refractivity contribution in [1.29, 1.82) is 0 Å². The first-order chi connectivity index (χ1) is 8.56. The second kappa shape index (κ2) is 5.50. The van der Waals surface area contributed by atoms with Gasteiger partial charge in [0, 0.05) is 10.9 Å². The lowest BCUT2D eigenvalue weighted by molar-refractivity contribution is 0.0925. The van der Waals surface area contributed by atoms with Crippen molar-refractivity contribution in [3.05, 3.63) is 50.9 Å². The third-order valence-electron chi connectivity index (χ3n) is 2.28. The number of hydrogen-bond donors (Lipinski definition) is 0. The Bertz CT molecular complexity index is 580. The van der Waals surface area contributed by atoms with Crippen LogP contribution in [0.25, 0.3) is 0 Å². The molecule has 0 radical (unpaired) electrons. The second-order valence-electron chi connectivity index (χ2n) is 3.70. The first-order valence-electron chi connectivity index (χ1n) is 5.24. The van der Waals surface area contributed by atoms with Gasteiger partial charge in [-0.1, -0.05) is 11.6 Å². The van der Waals surface area contributed by atoms with E-state index in [4.69, 9.17) is 16.3 Å². The average Bonchev–Trinajstić information content (AvgIpc) is 2.77. The first kappa shape index (κ1) is 13.1. The monoisotopic (exact) mass is 284 g/mol. The van der Waals surface area contributed by atoms with E-state index in [0.717, 1.165) is 4.88 Å². The van der Waals surface area contributed by atoms with Crippen LogP contribution in [0.15, 0.2) is 30.3 Å². The quantitative estimate of drug-likeness (QED) is 0.790. The Morgan fingerprint density at radius 2 is 2.17 bits per heavy atom. The molecular weight excluding hydrogens is 275 g/mol. The molecule has 0 N–H and O–H groups in total. The highest BCUT2D eigenvalue weighted by Gasteiger charge is 2.09. The first-order valence-corrected chi connectivity index (χ1v) is 6.43. The molecule has 0 aliphatic carbocycles. The van der Waals surface area contributed by atoms with Crippen LogP contribution in [0.1, 0.15) is 14.5 Å². The molecule has 0 atom stereocenters. The van der Waals surface area contributed by atoms with Crippen LogP contribution in [0.4, 0.5) is 4.39 Å². The SMILES string of the molecule is Cc1ccc(C(=O)COc2ccc(F)c(Cl)c2)s1. The molecule has 18 heavy (non-hydrogen) atoms. The van der Waals surface area contributed by atoms with Crippen molar-refractivity contribution in [2.24, 2.45) is 0 Å². The fourth-order valence-electron chi connectivity index (χ4n) is 1.37. The number of thiophene rings is 1. The Balaban J connectivity index is 1.99. The molecule has 2 rings (SSSR count). The summed E-state index contributed by atoms with van der Waals surface area (Å²) < 4.78 is 18.2. The minimum Gasteiger partial charge on any atom is -0.485 e. The summed E-state index contributed by atoms with van der Waals surface area (Å²) in [5, 5.41) is -0.0214. The van der Waals surface area contributed by atoms with Crippen molar-refractivity contribution in [1.82, 2.24) is 0 Å². The molecule has 0 fully saturated rings. The van der Waals surface area contributed by atoms with Crippen molar-refractivity contribution in [3.8, 4) is 5.75 Å². The number of ether oxygens (including phenoxy) is 1. The molecule has 0 spiro atoms. The number of aryl methyl sites for hydroxylation is 1. The number of halogens is 2. The van der Waals surface area contributed by atoms with Crippen LogP contribution in [0.3, 0.4) is 0 Å². The Labute approximate surface area is 113 Å². The minimum atomic E-state index is -0.510. The largest absolute Gasteiger partial charge is 0.485 e. The number of ketones is 1. The van der Waals surface area contributed by atoms with Crippen molar-refractivity contribution in [3.63, 3.8) is 0 Å². The summed E-state index contributed by atoms with van der Waals surface area (Å²) in [5.74, 6) is -0.235. The van der Waals surface area contributed by atoms with Crippen molar-refractivity contribution in [2.45, 2.75) is 6.92 Å². The molecule has 0 saturated heterocycles. The van der Waals surface area contributed by atoms with Gasteiger partial charge in [0.15, 0.2) is 6.61 Å². The number of carbonyl (C=O) groups excluding carboxylic acids is 1. The van der Waals surface area contributed by atoms with Crippen LogP contribution in [0, 0.1) is 12.7 Å². The number of Topliss-reactive ketones (excluding diaryl/α,β-unsaturated/α-hetero) is 1. The molecule has 1 aromatic heterocycles. The predicted octanol–water partition coefficient (Wildman–Crippen LogP) is 4.11. The molecule has 5 heteroatoms. The van der Waals surface area contributed by atoms with E-state index in [-0.39, 0.29) is 17.4 Å². The third kappa shape index (κ3) is 3.09. The maximum Gasteiger partial charge on any atom is 0.210 e. The van der Waals surface area contributed by atoms with E-state index in [1.54, 1.807) is 6.07 Å². The standard InChI is InChI=1S/C13H10ClFO2S/c1-8-2-5-13(18-8)12(16)7-17-9-3-4-11(15)10(14)6-9/h2-6H,7H2,1H3. The number of benzene rings is 1. The van der Waals surface area contributed by atoms with E-state index in [0.29, 0.717) is 10.6 Å². The normalized spacial score (nSPS) is 10.4. The van der Waals surface area contributed by atoms with Crippen LogP contribution >= 0.6 is 22.9 Å². The highest BCUT2D eigenvalue weighted by molar-refractivity contribution is 7.14. The van der Waals surface area contributed by atoms with Gasteiger partial charge in [-0.15, -0.1) is 11.3 Å². The van der Waals surface area contributed by atoms with E-state index in [2.05, 4.69) is 0 Å². The average molecular weight is 285 g/mol. The molecular formula is C13H10ClFO2S. The topological polar surface area (TPSA) is 26.3 Å². The Hall–Kier alpha value is -1.39. The smallest absolute Gasteiger partial charge is 0.210 e. The van der Waals surface area contributed by atoms with Crippen LogP contribution < -0.4 is 4.74 Å². The van der Waals surface area contributed by atoms with Gasteiger partial charge in [0.2, 0.25) is 5.78 Å². The summed E-state index contributed by atoms with van der Waals surface area (Å²) in [4.78, 5) is 13.5. The fraction of sp³-hybridized carbons (Fsp3) is 0.154. The van der Waals surface area contributed by atoms with Crippen LogP contribution in [0.2, 0.25) is 5.02 Å². The van der Waals surface area contributed by atoms with E-state index in [1.807, 2.05) is 13.0 Å². The molecule has 0 unspecified atom stereocenters. The molecule has 1 heterocycles. The molecule has 94 valence electrons. The summed E-state index contributed by atoms with van der Waals surface area (Å²) in [6.45, 7) is 1.85. The third-order valence-corrected chi connectivity index (χ3v) is 3.61. The lowest BCUT2D eigenvalue weighted by Gasteiger charge is -2.05. The van der Waals surface area contributed by atoms with Gasteiger partial charge < -0.3 is 4.74 Å². The van der Waals surface area contributed by atoms with Gasteiger partial charge in [-0.2, -0.15) is 0 Å². The molecule has 0 aliphatic heterocycles. The molecule has 2 nitrogen and oxygen atoms in total. The van der Waals surface area contributed by atoms with Crippen molar-refractivity contribution in [2.75, 3.05) is 6.61 Å². The van der Waals surface area contributed by atoms with Gasteiger partial charge in [0.05, 0.1) is 9.90 Å². The summed E-state index contributed by atoms with van der Waals surface area (Å²) >= 11 is 7.03. The zero-order chi connectivity index (χ0) is 13.1. The zero-order valence-corrected chi connectivity index (χ0v) is 11.1. The maximum atomic E-state index is 12.9. The summed E-state index contributed by atoms with van der Waals surface area (Å²) in [6, 6.07) is 7.64. The van der Waals surface area contributed by atoms with Crippen LogP contribution in [0.5, 0.6) is 5.75 Å². The lowest BCUT2D eigenvalue weighted by atomic mass is 10.3. The van der Waals surface area contributed by atoms with Gasteiger partial charge in [-0.25, -0.2) is 4.39 Å². The molecule has 0 amide bonds. The van der Waals surface area contributed by atoms with Gasteiger partial charge in [0.1, 0.15) is 11.6 Å². The Kier molecular flexibility index (Phi) is 3.99. The van der Waals surface area contributed by atoms with E-state index >= 15 is 0 Å². The molecule has 0 aliphatic rings. The zero-order valence-electron chi connectivity index (χ0n) is 9.57. The summed E-state index contributed by atoms with van der Waals surface area (Å²) in [7, 11) is 0. The van der Waals surface area contributed by atoms with Gasteiger partial charge in [-0.05, 0) is 31.2 Å². The van der Waals surface area contributed by atoms with Crippen molar-refractivity contribution < 1.29 is 13.9 Å². The molecule has 0 saturated carbocycles. The van der Waals surface area contributed by atoms with Gasteiger partial charge in [0.25, 0.3) is 0 Å². The van der Waals surface area contributed by atoms with E-state index in [9.17, 15) is 9.18 Å². The van der Waals surface area contributed by atoms with Gasteiger partial charge in [-0.3, -0.25) is 4.79 Å². The molecule has 1 aromatic carbocycles. The van der Waals surface area contributed by atoms with Crippen LogP contribution in [-0.4, -0.2) is 12.4 Å². The lowest BCUT2D eigenvalue weighted by Crippen LogP contribution is -2.10. The maximum absolute atomic E-state index is 12.9. The van der Waals surface area contributed by atoms with Crippen LogP contribution in [-0.2, 0) is 0 Å². The Morgan fingerprint density at radius 1 is 1.39 bits per heavy atom. The Morgan fingerprint density at radius 3 is 2.78 bits per heavy atom. The van der Waals surface area contributed by atoms with Crippen molar-refractivity contribution >= 4 is 28.7 Å². The molecule has 0 bridgehead atoms. The minimum absolute atomic E-state index is 0.0214. The van der Waals surface area contributed by atoms with E-state index in [1.165, 1.54) is 29.5 Å². The highest BCUT2D eigenvalue weighted by atomic mass is 35.5. The molecule has 2 aromatic rings. The fourth-order valence-corrected chi connectivity index (χ4v) is 2.33. The van der Waals surface area contributed by atoms with Gasteiger partial charge >= 0.3 is 0 Å². The summed E-state index contributed by atoms with van der Waals surface area (Å²) in [5.41, 5.74) is 0. The predicted molar refractivity (Wildman–Crippen MR) is 70.3 cm³/mol. The second-order valence-corrected chi connectivity index (χ2v) is 5.39.